The molecule has 15 heteroatoms. The van der Waals surface area contributed by atoms with Crippen molar-refractivity contribution in [2.45, 2.75) is 47.3 Å². The Morgan fingerprint density at radius 3 is 1.18 bits per heavy atom. The van der Waals surface area contributed by atoms with Gasteiger partial charge in [-0.1, -0.05) is 72.8 Å². The lowest BCUT2D eigenvalue weighted by Gasteiger charge is -2.11. The van der Waals surface area contributed by atoms with Gasteiger partial charge in [-0.3, -0.25) is 39.9 Å². The van der Waals surface area contributed by atoms with Crippen molar-refractivity contribution in [1.29, 1.82) is 0 Å². The molecule has 12 aromatic heterocycles. The molecule has 432 valence electrons. The van der Waals surface area contributed by atoms with Gasteiger partial charge in [0.25, 0.3) is 0 Å². The number of hydrogen-bond donors (Lipinski definition) is 1. The molecule has 16 aromatic rings. The zero-order valence-corrected chi connectivity index (χ0v) is 49.5. The predicted octanol–water partition coefficient (Wildman–Crippen LogP) is 17.7. The fourth-order valence-electron chi connectivity index (χ4n) is 11.6. The van der Waals surface area contributed by atoms with Crippen molar-refractivity contribution >= 4 is 87.2 Å². The fourth-order valence-corrected chi connectivity index (χ4v) is 11.6. The molecule has 16 rings (SSSR count). The Morgan fingerprint density at radius 1 is 0.318 bits per heavy atom. The van der Waals surface area contributed by atoms with Crippen LogP contribution in [0.1, 0.15) is 28.5 Å². The van der Waals surface area contributed by atoms with Gasteiger partial charge >= 0.3 is 6.18 Å². The third kappa shape index (κ3) is 11.2. The fraction of sp³-hybridized carbons (Fsp3) is 0.123. The molecule has 0 amide bonds. The first-order valence-corrected chi connectivity index (χ1v) is 28.8. The van der Waals surface area contributed by atoms with Crippen LogP contribution >= 0.6 is 0 Å². The first-order valence-electron chi connectivity index (χ1n) is 28.8. The minimum atomic E-state index is -4.30. The van der Waals surface area contributed by atoms with E-state index < -0.39 is 12.7 Å². The average molecular weight is 1160 g/mol. The number of pyridine rings is 8. The lowest BCUT2D eigenvalue weighted by Crippen LogP contribution is -2.17. The minimum absolute atomic E-state index is 0.529. The van der Waals surface area contributed by atoms with Gasteiger partial charge in [0.2, 0.25) is 0 Å². The summed E-state index contributed by atoms with van der Waals surface area (Å²) in [6.07, 6.45) is 15.8. The third-order valence-corrected chi connectivity index (χ3v) is 16.2. The van der Waals surface area contributed by atoms with Crippen LogP contribution in [0.25, 0.3) is 132 Å². The van der Waals surface area contributed by atoms with Crippen LogP contribution in [0.15, 0.2) is 214 Å². The van der Waals surface area contributed by atoms with Crippen molar-refractivity contribution < 1.29 is 13.2 Å². The molecule has 12 nitrogen and oxygen atoms in total. The van der Waals surface area contributed by atoms with E-state index in [9.17, 15) is 13.2 Å². The molecule has 0 atom stereocenters. The van der Waals surface area contributed by atoms with Crippen LogP contribution in [0.4, 0.5) is 13.2 Å². The van der Waals surface area contributed by atoms with Crippen molar-refractivity contribution in [2.75, 3.05) is 0 Å². The Balaban J connectivity index is 0.000000109. The molecule has 0 aliphatic heterocycles. The largest absolute Gasteiger partial charge is 0.406 e. The summed E-state index contributed by atoms with van der Waals surface area (Å²) in [7, 11) is 4.21. The molecule has 0 spiro atoms. The number of H-pyrrole nitrogens is 1. The van der Waals surface area contributed by atoms with Crippen molar-refractivity contribution in [2.24, 2.45) is 14.1 Å². The van der Waals surface area contributed by atoms with E-state index in [2.05, 4.69) is 153 Å². The van der Waals surface area contributed by atoms with Crippen LogP contribution in [0.5, 0.6) is 0 Å². The smallest absolute Gasteiger partial charge is 0.354 e. The number of nitrogens with one attached hydrogen (secondary N) is 1. The van der Waals surface area contributed by atoms with E-state index >= 15 is 0 Å². The maximum Gasteiger partial charge on any atom is 0.406 e. The normalized spacial score (nSPS) is 11.6. The first kappa shape index (κ1) is 56.2. The predicted molar refractivity (Wildman–Crippen MR) is 350 cm³/mol. The summed E-state index contributed by atoms with van der Waals surface area (Å²) in [5, 5.41) is 8.73. The molecule has 0 saturated carbocycles. The zero-order chi connectivity index (χ0) is 60.8. The van der Waals surface area contributed by atoms with E-state index in [1.807, 2.05) is 133 Å². The standard InChI is InChI=1S/C19H14F3N3.C19H17N3.C18H15N3.C17H13N3/c1-12-2-3-14(9-24-12)13-4-5-15-16-10-23-7-6-17(16)25(18(15)8-13)11-19(20,21)22;1-12-4-5-15(10-20-12)14-6-7-16-17-11-21-13(2)8-18(17)22(3)19(16)9-14;1-12-3-4-14(10-20-12)13-5-6-15-16-11-19-8-7-17(16)21(2)18(15)9-13;1-11-2-3-13(9-19-11)12-4-5-14-15-10-18-7-6-16(15)20-17(14)8-12/h2-10H,11H2,1H3;4-11H,1-3H3;3-11H,1-2H3;2-10,20H,1H3. The van der Waals surface area contributed by atoms with Gasteiger partial charge in [0, 0.05) is 198 Å². The van der Waals surface area contributed by atoms with Gasteiger partial charge in [-0.05, 0) is 130 Å². The molecule has 0 radical (unpaired) electrons. The van der Waals surface area contributed by atoms with Crippen molar-refractivity contribution in [3.05, 3.63) is 242 Å². The summed E-state index contributed by atoms with van der Waals surface area (Å²) in [5.41, 5.74) is 21.9. The second-order valence-electron chi connectivity index (χ2n) is 22.2. The monoisotopic (exact) mass is 1160 g/mol. The molecule has 12 heterocycles. The van der Waals surface area contributed by atoms with Gasteiger partial charge in [0.05, 0.1) is 22.1 Å². The molecule has 0 unspecified atom stereocenters. The molecular formula is C73H59F3N12. The van der Waals surface area contributed by atoms with Crippen LogP contribution < -0.4 is 0 Å². The van der Waals surface area contributed by atoms with Gasteiger partial charge in [-0.15, -0.1) is 0 Å². The molecule has 0 saturated heterocycles. The second-order valence-corrected chi connectivity index (χ2v) is 22.2. The van der Waals surface area contributed by atoms with Gasteiger partial charge in [0.1, 0.15) is 6.54 Å². The van der Waals surface area contributed by atoms with Gasteiger partial charge in [-0.2, -0.15) is 13.2 Å². The van der Waals surface area contributed by atoms with Crippen LogP contribution in [0.2, 0.25) is 0 Å². The maximum atomic E-state index is 13.1. The van der Waals surface area contributed by atoms with Crippen LogP contribution in [0, 0.1) is 34.6 Å². The van der Waals surface area contributed by atoms with E-state index in [1.165, 1.54) is 76.5 Å². The molecular weight excluding hydrogens is 1100 g/mol. The Hall–Kier alpha value is -10.9. The summed E-state index contributed by atoms with van der Waals surface area (Å²) in [4.78, 5) is 37.8. The zero-order valence-electron chi connectivity index (χ0n) is 49.5. The lowest BCUT2D eigenvalue weighted by atomic mass is 10.1. The summed E-state index contributed by atoms with van der Waals surface area (Å²) in [6, 6.07) is 49.2. The van der Waals surface area contributed by atoms with Crippen molar-refractivity contribution in [1.82, 2.24) is 58.6 Å². The van der Waals surface area contributed by atoms with E-state index in [4.69, 9.17) is 0 Å². The number of alkyl halides is 3. The number of nitrogens with zero attached hydrogens (tertiary/aromatic N) is 11. The number of halogens is 3. The molecule has 88 heavy (non-hydrogen) atoms. The quantitative estimate of drug-likeness (QED) is 0.180. The number of aryl methyl sites for hydroxylation is 7. The summed E-state index contributed by atoms with van der Waals surface area (Å²) in [6.45, 7) is 8.89. The minimum Gasteiger partial charge on any atom is -0.354 e. The summed E-state index contributed by atoms with van der Waals surface area (Å²) in [5.74, 6) is 0. The lowest BCUT2D eigenvalue weighted by molar-refractivity contribution is -0.139. The highest BCUT2D eigenvalue weighted by Gasteiger charge is 2.30. The first-order chi connectivity index (χ1) is 42.6. The second kappa shape index (κ2) is 23.2. The Bertz CT molecular complexity index is 5230. The maximum absolute atomic E-state index is 13.1. The summed E-state index contributed by atoms with van der Waals surface area (Å²) >= 11 is 0. The highest BCUT2D eigenvalue weighted by atomic mass is 19.4. The Labute approximate surface area is 504 Å². The number of fused-ring (bicyclic) bond motifs is 12. The molecule has 1 N–H and O–H groups in total. The molecule has 4 aromatic carbocycles. The Morgan fingerprint density at radius 2 is 0.693 bits per heavy atom. The number of rotatable bonds is 5. The van der Waals surface area contributed by atoms with E-state index in [0.29, 0.717) is 11.0 Å². The third-order valence-electron chi connectivity index (χ3n) is 16.2. The highest BCUT2D eigenvalue weighted by molar-refractivity contribution is 6.11. The average Bonchev–Trinajstić information content (AvgIpc) is 3.34. The summed E-state index contributed by atoms with van der Waals surface area (Å²) < 4.78 is 45.1. The van der Waals surface area contributed by atoms with E-state index in [-0.39, 0.29) is 0 Å². The number of benzene rings is 4. The number of aromatic amines is 1. The topological polar surface area (TPSA) is 134 Å². The molecule has 0 bridgehead atoms. The number of hydrogen-bond acceptors (Lipinski definition) is 8. The van der Waals surface area contributed by atoms with E-state index in [1.54, 1.807) is 24.5 Å². The molecule has 0 fully saturated rings. The van der Waals surface area contributed by atoms with Crippen molar-refractivity contribution in [3.8, 4) is 44.5 Å². The molecule has 0 aliphatic carbocycles. The molecule has 0 aliphatic rings. The van der Waals surface area contributed by atoms with Crippen LogP contribution in [-0.2, 0) is 20.6 Å². The van der Waals surface area contributed by atoms with Crippen LogP contribution in [-0.4, -0.2) is 64.7 Å². The van der Waals surface area contributed by atoms with E-state index in [0.717, 1.165) is 83.5 Å². The van der Waals surface area contributed by atoms with Gasteiger partial charge in [-0.25, -0.2) is 0 Å². The number of aromatic nitrogens is 12. The SMILES string of the molecule is Cc1ccc(-c2ccc3c(c2)[nH]c2ccncc23)cn1.Cc1ccc(-c2ccc3c4cnc(C)cc4n(C)c3c2)cn1.Cc1ccc(-c2ccc3c4cnccc4n(C)c3c2)cn1.Cc1ccc(-c2ccc3c4cnccc4n(CC(F)(F)F)c3c2)cn1. The highest BCUT2D eigenvalue weighted by Crippen LogP contribution is 2.37. The van der Waals surface area contributed by atoms with Crippen molar-refractivity contribution in [3.63, 3.8) is 0 Å². The Kier molecular flexibility index (Phi) is 14.8. The van der Waals surface area contributed by atoms with Gasteiger partial charge in [0.15, 0.2) is 0 Å². The van der Waals surface area contributed by atoms with Gasteiger partial charge < -0.3 is 18.7 Å². The van der Waals surface area contributed by atoms with Crippen LogP contribution in [0.3, 0.4) is 0 Å².